The largest absolute Gasteiger partial charge is 0.313 e. The minimum atomic E-state index is 0. The maximum atomic E-state index is 4.35. The van der Waals surface area contributed by atoms with E-state index in [4.69, 9.17) is 0 Å². The lowest BCUT2D eigenvalue weighted by Crippen LogP contribution is -2.20. The van der Waals surface area contributed by atoms with Gasteiger partial charge in [0.25, 0.3) is 0 Å². The van der Waals surface area contributed by atoms with Crippen molar-refractivity contribution in [1.82, 2.24) is 15.1 Å². The van der Waals surface area contributed by atoms with E-state index in [0.717, 1.165) is 25.2 Å². The summed E-state index contributed by atoms with van der Waals surface area (Å²) in [7, 11) is 1.95. The summed E-state index contributed by atoms with van der Waals surface area (Å²) < 4.78 is 1.85. The SMILES string of the molecule is Cl.Cn1ccc(C2=CCNCC2)n1. The van der Waals surface area contributed by atoms with Crippen molar-refractivity contribution in [2.75, 3.05) is 13.1 Å². The van der Waals surface area contributed by atoms with Crippen molar-refractivity contribution < 1.29 is 0 Å². The normalized spacial score (nSPS) is 16.2. The second-order valence-corrected chi connectivity index (χ2v) is 3.06. The Morgan fingerprint density at radius 2 is 2.38 bits per heavy atom. The lowest BCUT2D eigenvalue weighted by Gasteiger charge is -2.11. The van der Waals surface area contributed by atoms with Gasteiger partial charge in [0.2, 0.25) is 0 Å². The van der Waals surface area contributed by atoms with Crippen molar-refractivity contribution in [3.8, 4) is 0 Å². The highest BCUT2D eigenvalue weighted by Crippen LogP contribution is 2.16. The fraction of sp³-hybridized carbons (Fsp3) is 0.444. The van der Waals surface area contributed by atoms with Crippen molar-refractivity contribution in [3.05, 3.63) is 24.0 Å². The summed E-state index contributed by atoms with van der Waals surface area (Å²) in [5, 5.41) is 7.64. The van der Waals surface area contributed by atoms with Gasteiger partial charge in [0, 0.05) is 19.8 Å². The van der Waals surface area contributed by atoms with Gasteiger partial charge in [-0.25, -0.2) is 0 Å². The van der Waals surface area contributed by atoms with E-state index >= 15 is 0 Å². The van der Waals surface area contributed by atoms with Crippen molar-refractivity contribution in [2.24, 2.45) is 7.05 Å². The third-order valence-corrected chi connectivity index (χ3v) is 2.11. The molecule has 1 N–H and O–H groups in total. The van der Waals surface area contributed by atoms with Crippen LogP contribution in [0, 0.1) is 0 Å². The molecule has 1 aliphatic rings. The molecule has 72 valence electrons. The van der Waals surface area contributed by atoms with Gasteiger partial charge in [-0.05, 0) is 24.6 Å². The molecular formula is C9H14ClN3. The average Bonchev–Trinajstić information content (AvgIpc) is 2.54. The molecule has 0 amide bonds. The molecule has 0 fully saturated rings. The summed E-state index contributed by atoms with van der Waals surface area (Å²) in [6.45, 7) is 2.05. The molecule has 13 heavy (non-hydrogen) atoms. The maximum absolute atomic E-state index is 4.35. The van der Waals surface area contributed by atoms with E-state index in [9.17, 15) is 0 Å². The van der Waals surface area contributed by atoms with Crippen LogP contribution >= 0.6 is 12.4 Å². The van der Waals surface area contributed by atoms with Crippen LogP contribution in [0.5, 0.6) is 0 Å². The number of aromatic nitrogens is 2. The molecule has 0 saturated heterocycles. The molecule has 2 heterocycles. The van der Waals surface area contributed by atoms with Crippen molar-refractivity contribution >= 4 is 18.0 Å². The highest BCUT2D eigenvalue weighted by Gasteiger charge is 2.06. The van der Waals surface area contributed by atoms with Crippen molar-refractivity contribution in [3.63, 3.8) is 0 Å². The molecule has 1 aromatic rings. The Morgan fingerprint density at radius 3 is 2.92 bits per heavy atom. The van der Waals surface area contributed by atoms with E-state index in [-0.39, 0.29) is 12.4 Å². The molecule has 0 aromatic carbocycles. The highest BCUT2D eigenvalue weighted by molar-refractivity contribution is 5.85. The third kappa shape index (κ3) is 2.32. The van der Waals surface area contributed by atoms with Crippen LogP contribution in [0.15, 0.2) is 18.3 Å². The fourth-order valence-corrected chi connectivity index (χ4v) is 1.44. The number of hydrogen-bond acceptors (Lipinski definition) is 2. The van der Waals surface area contributed by atoms with E-state index in [1.54, 1.807) is 0 Å². The van der Waals surface area contributed by atoms with E-state index < -0.39 is 0 Å². The van der Waals surface area contributed by atoms with E-state index in [1.807, 2.05) is 17.9 Å². The summed E-state index contributed by atoms with van der Waals surface area (Å²) in [6, 6.07) is 2.07. The molecule has 0 aliphatic carbocycles. The molecule has 0 radical (unpaired) electrons. The number of halogens is 1. The van der Waals surface area contributed by atoms with E-state index in [1.165, 1.54) is 5.57 Å². The Labute approximate surface area is 84.2 Å². The third-order valence-electron chi connectivity index (χ3n) is 2.11. The Kier molecular flexibility index (Phi) is 3.51. The summed E-state index contributed by atoms with van der Waals surface area (Å²) >= 11 is 0. The fourth-order valence-electron chi connectivity index (χ4n) is 1.44. The first-order valence-electron chi connectivity index (χ1n) is 4.26. The van der Waals surface area contributed by atoms with Crippen LogP contribution in [0.3, 0.4) is 0 Å². The summed E-state index contributed by atoms with van der Waals surface area (Å²) in [6.07, 6.45) is 5.29. The van der Waals surface area contributed by atoms with Crippen LogP contribution in [0.2, 0.25) is 0 Å². The Morgan fingerprint density at radius 1 is 1.54 bits per heavy atom. The second-order valence-electron chi connectivity index (χ2n) is 3.06. The second kappa shape index (κ2) is 4.44. The van der Waals surface area contributed by atoms with Gasteiger partial charge in [0.1, 0.15) is 0 Å². The van der Waals surface area contributed by atoms with Gasteiger partial charge in [0.15, 0.2) is 0 Å². The monoisotopic (exact) mass is 199 g/mol. The lowest BCUT2D eigenvalue weighted by atomic mass is 10.1. The molecule has 2 rings (SSSR count). The van der Waals surface area contributed by atoms with Gasteiger partial charge >= 0.3 is 0 Å². The summed E-state index contributed by atoms with van der Waals surface area (Å²) in [5.41, 5.74) is 2.49. The highest BCUT2D eigenvalue weighted by atomic mass is 35.5. The Hall–Kier alpha value is -0.800. The molecule has 0 bridgehead atoms. The molecule has 3 nitrogen and oxygen atoms in total. The van der Waals surface area contributed by atoms with E-state index in [0.29, 0.717) is 0 Å². The molecular weight excluding hydrogens is 186 g/mol. The molecule has 4 heteroatoms. The first-order chi connectivity index (χ1) is 5.86. The average molecular weight is 200 g/mol. The van der Waals surface area contributed by atoms with Crippen LogP contribution in [-0.2, 0) is 7.05 Å². The molecule has 0 atom stereocenters. The number of hydrogen-bond donors (Lipinski definition) is 1. The van der Waals surface area contributed by atoms with Crippen LogP contribution in [0.25, 0.3) is 5.57 Å². The molecule has 1 aliphatic heterocycles. The number of aryl methyl sites for hydroxylation is 1. The van der Waals surface area contributed by atoms with E-state index in [2.05, 4.69) is 22.6 Å². The zero-order chi connectivity index (χ0) is 8.39. The zero-order valence-corrected chi connectivity index (χ0v) is 8.47. The standard InChI is InChI=1S/C9H13N3.ClH/c1-12-7-4-9(11-12)8-2-5-10-6-3-8;/h2,4,7,10H,3,5-6H2,1H3;1H. The summed E-state index contributed by atoms with van der Waals surface area (Å²) in [4.78, 5) is 0. The van der Waals surface area contributed by atoms with Gasteiger partial charge in [-0.3, -0.25) is 4.68 Å². The van der Waals surface area contributed by atoms with Gasteiger partial charge < -0.3 is 5.32 Å². The zero-order valence-electron chi connectivity index (χ0n) is 7.66. The topological polar surface area (TPSA) is 29.9 Å². The summed E-state index contributed by atoms with van der Waals surface area (Å²) in [5.74, 6) is 0. The lowest BCUT2D eigenvalue weighted by molar-refractivity contribution is 0.726. The van der Waals surface area contributed by atoms with Crippen LogP contribution in [0.1, 0.15) is 12.1 Å². The predicted octanol–water partition coefficient (Wildman–Crippen LogP) is 1.22. The van der Waals surface area contributed by atoms with Gasteiger partial charge in [-0.15, -0.1) is 12.4 Å². The first kappa shape index (κ1) is 10.3. The quantitative estimate of drug-likeness (QED) is 0.737. The molecule has 0 unspecified atom stereocenters. The van der Waals surface area contributed by atoms with Gasteiger partial charge in [0.05, 0.1) is 5.69 Å². The minimum Gasteiger partial charge on any atom is -0.313 e. The van der Waals surface area contributed by atoms with Crippen LogP contribution in [-0.4, -0.2) is 22.9 Å². The van der Waals surface area contributed by atoms with Crippen LogP contribution < -0.4 is 5.32 Å². The minimum absolute atomic E-state index is 0. The van der Waals surface area contributed by atoms with Gasteiger partial charge in [-0.1, -0.05) is 6.08 Å². The molecule has 1 aromatic heterocycles. The van der Waals surface area contributed by atoms with Crippen molar-refractivity contribution in [2.45, 2.75) is 6.42 Å². The molecule has 0 saturated carbocycles. The molecule has 0 spiro atoms. The maximum Gasteiger partial charge on any atom is 0.0880 e. The van der Waals surface area contributed by atoms with Crippen LogP contribution in [0.4, 0.5) is 0 Å². The Balaban J connectivity index is 0.000000845. The number of nitrogens with zero attached hydrogens (tertiary/aromatic N) is 2. The number of rotatable bonds is 1. The van der Waals surface area contributed by atoms with Gasteiger partial charge in [-0.2, -0.15) is 5.10 Å². The predicted molar refractivity (Wildman–Crippen MR) is 55.9 cm³/mol. The smallest absolute Gasteiger partial charge is 0.0880 e. The van der Waals surface area contributed by atoms with Crippen molar-refractivity contribution in [1.29, 1.82) is 0 Å². The number of nitrogens with one attached hydrogen (secondary N) is 1. The first-order valence-corrected chi connectivity index (χ1v) is 4.26. The Bertz CT molecular complexity index is 304.